The van der Waals surface area contributed by atoms with Crippen LogP contribution in [0.15, 0.2) is 60.7 Å². The summed E-state index contributed by atoms with van der Waals surface area (Å²) < 4.78 is 5.28. The third-order valence-corrected chi connectivity index (χ3v) is 6.06. The Labute approximate surface area is 182 Å². The fourth-order valence-corrected chi connectivity index (χ4v) is 4.27. The van der Waals surface area contributed by atoms with Crippen molar-refractivity contribution in [2.24, 2.45) is 5.73 Å². The summed E-state index contributed by atoms with van der Waals surface area (Å²) in [4.78, 5) is 14.7. The van der Waals surface area contributed by atoms with Crippen LogP contribution in [0.4, 0.5) is 0 Å². The SMILES string of the molecule is COc1ccc(-c2ccc(CC(N)C(=O)N3Cc4ccccc4C3)c(Cl)c2)c(C)c1. The third-order valence-electron chi connectivity index (χ3n) is 5.71. The van der Waals surface area contributed by atoms with Crippen LogP contribution in [0.25, 0.3) is 11.1 Å². The third kappa shape index (κ3) is 4.07. The molecule has 0 saturated carbocycles. The van der Waals surface area contributed by atoms with E-state index < -0.39 is 6.04 Å². The second kappa shape index (κ2) is 8.50. The monoisotopic (exact) mass is 420 g/mol. The average molecular weight is 421 g/mol. The van der Waals surface area contributed by atoms with Crippen molar-refractivity contribution in [3.05, 3.63) is 87.9 Å². The minimum absolute atomic E-state index is 0.0441. The summed E-state index contributed by atoms with van der Waals surface area (Å²) in [6.07, 6.45) is 0.409. The molecule has 3 aromatic carbocycles. The molecule has 3 aromatic rings. The number of halogens is 1. The zero-order valence-corrected chi connectivity index (χ0v) is 17.9. The number of nitrogens with two attached hydrogens (primary N) is 1. The molecule has 154 valence electrons. The van der Waals surface area contributed by atoms with Gasteiger partial charge in [0, 0.05) is 18.1 Å². The van der Waals surface area contributed by atoms with E-state index in [1.165, 1.54) is 11.1 Å². The lowest BCUT2D eigenvalue weighted by atomic mass is 9.97. The van der Waals surface area contributed by atoms with Gasteiger partial charge in [-0.2, -0.15) is 0 Å². The number of aryl methyl sites for hydroxylation is 1. The van der Waals surface area contributed by atoms with Crippen LogP contribution in [-0.2, 0) is 24.3 Å². The number of benzene rings is 3. The number of rotatable bonds is 5. The van der Waals surface area contributed by atoms with Crippen molar-refractivity contribution < 1.29 is 9.53 Å². The van der Waals surface area contributed by atoms with Crippen LogP contribution in [0.1, 0.15) is 22.3 Å². The Balaban J connectivity index is 1.47. The Bertz CT molecular complexity index is 1070. The molecule has 0 aromatic heterocycles. The molecule has 0 bridgehead atoms. The fraction of sp³-hybridized carbons (Fsp3) is 0.240. The van der Waals surface area contributed by atoms with Gasteiger partial charge in [-0.1, -0.05) is 54.1 Å². The zero-order valence-electron chi connectivity index (χ0n) is 17.2. The standard InChI is InChI=1S/C25H25ClN2O2/c1-16-11-21(30-2)9-10-22(16)17-7-8-18(23(26)12-17)13-24(27)25(29)28-14-19-5-3-4-6-20(19)15-28/h3-12,24H,13-15,27H2,1-2H3. The van der Waals surface area contributed by atoms with Crippen LogP contribution in [0.3, 0.4) is 0 Å². The van der Waals surface area contributed by atoms with Crippen molar-refractivity contribution >= 4 is 17.5 Å². The van der Waals surface area contributed by atoms with E-state index in [4.69, 9.17) is 22.1 Å². The fourth-order valence-electron chi connectivity index (χ4n) is 4.02. The Kier molecular flexibility index (Phi) is 5.80. The molecule has 0 radical (unpaired) electrons. The molecule has 0 spiro atoms. The second-order valence-electron chi connectivity index (χ2n) is 7.76. The molecule has 1 aliphatic heterocycles. The van der Waals surface area contributed by atoms with Crippen LogP contribution in [0, 0.1) is 6.92 Å². The molecule has 0 fully saturated rings. The summed E-state index contributed by atoms with van der Waals surface area (Å²) in [7, 11) is 1.66. The minimum Gasteiger partial charge on any atom is -0.497 e. The summed E-state index contributed by atoms with van der Waals surface area (Å²) in [6.45, 7) is 3.28. The number of nitrogens with zero attached hydrogens (tertiary/aromatic N) is 1. The Morgan fingerprint density at radius 1 is 1.10 bits per heavy atom. The number of carbonyl (C=O) groups excluding carboxylic acids is 1. The number of hydrogen-bond acceptors (Lipinski definition) is 3. The van der Waals surface area contributed by atoms with Crippen molar-refractivity contribution in [3.63, 3.8) is 0 Å². The molecule has 0 saturated heterocycles. The van der Waals surface area contributed by atoms with E-state index in [-0.39, 0.29) is 5.91 Å². The highest BCUT2D eigenvalue weighted by Gasteiger charge is 2.27. The first kappa shape index (κ1) is 20.5. The molecule has 1 heterocycles. The van der Waals surface area contributed by atoms with Gasteiger partial charge < -0.3 is 15.4 Å². The van der Waals surface area contributed by atoms with E-state index >= 15 is 0 Å². The normalized spacial score (nSPS) is 13.8. The predicted molar refractivity (Wildman–Crippen MR) is 121 cm³/mol. The van der Waals surface area contributed by atoms with E-state index in [2.05, 4.69) is 12.1 Å². The minimum atomic E-state index is -0.620. The van der Waals surface area contributed by atoms with Crippen LogP contribution < -0.4 is 10.5 Å². The van der Waals surface area contributed by atoms with Crippen LogP contribution in [0.5, 0.6) is 5.75 Å². The van der Waals surface area contributed by atoms with Gasteiger partial charge in [-0.05, 0) is 64.9 Å². The number of ether oxygens (including phenoxy) is 1. The van der Waals surface area contributed by atoms with Crippen molar-refractivity contribution in [2.75, 3.05) is 7.11 Å². The molecule has 4 nitrogen and oxygen atoms in total. The maximum atomic E-state index is 12.9. The van der Waals surface area contributed by atoms with Crippen LogP contribution in [-0.4, -0.2) is 24.0 Å². The molecule has 1 atom stereocenters. The Morgan fingerprint density at radius 3 is 2.40 bits per heavy atom. The maximum Gasteiger partial charge on any atom is 0.240 e. The summed E-state index contributed by atoms with van der Waals surface area (Å²) in [5.41, 5.74) is 12.8. The quantitative estimate of drug-likeness (QED) is 0.648. The van der Waals surface area contributed by atoms with Gasteiger partial charge in [0.2, 0.25) is 5.91 Å². The Hall–Kier alpha value is -2.82. The molecule has 4 rings (SSSR count). The molecule has 2 N–H and O–H groups in total. The van der Waals surface area contributed by atoms with Gasteiger partial charge >= 0.3 is 0 Å². The van der Waals surface area contributed by atoms with Crippen molar-refractivity contribution in [1.29, 1.82) is 0 Å². The van der Waals surface area contributed by atoms with Gasteiger partial charge in [-0.25, -0.2) is 0 Å². The summed E-state index contributed by atoms with van der Waals surface area (Å²) >= 11 is 6.57. The van der Waals surface area contributed by atoms with Gasteiger partial charge in [0.05, 0.1) is 13.2 Å². The summed E-state index contributed by atoms with van der Waals surface area (Å²) in [5, 5.41) is 0.621. The van der Waals surface area contributed by atoms with Gasteiger partial charge in [-0.3, -0.25) is 4.79 Å². The van der Waals surface area contributed by atoms with E-state index in [9.17, 15) is 4.79 Å². The molecule has 1 aliphatic rings. The largest absolute Gasteiger partial charge is 0.497 e. The smallest absolute Gasteiger partial charge is 0.240 e. The first-order chi connectivity index (χ1) is 14.5. The number of carbonyl (C=O) groups is 1. The number of amides is 1. The molecule has 5 heteroatoms. The first-order valence-corrected chi connectivity index (χ1v) is 10.4. The number of methoxy groups -OCH3 is 1. The topological polar surface area (TPSA) is 55.6 Å². The van der Waals surface area contributed by atoms with E-state index in [1.54, 1.807) is 7.11 Å². The highest BCUT2D eigenvalue weighted by atomic mass is 35.5. The molecule has 30 heavy (non-hydrogen) atoms. The molecule has 1 amide bonds. The molecular formula is C25H25ClN2O2. The highest BCUT2D eigenvalue weighted by Crippen LogP contribution is 2.31. The zero-order chi connectivity index (χ0) is 21.3. The van der Waals surface area contributed by atoms with E-state index in [0.29, 0.717) is 24.5 Å². The van der Waals surface area contributed by atoms with E-state index in [0.717, 1.165) is 28.0 Å². The van der Waals surface area contributed by atoms with E-state index in [1.807, 2.05) is 60.4 Å². The van der Waals surface area contributed by atoms with Gasteiger partial charge in [0.15, 0.2) is 0 Å². The second-order valence-corrected chi connectivity index (χ2v) is 8.17. The number of hydrogen-bond donors (Lipinski definition) is 1. The van der Waals surface area contributed by atoms with Crippen molar-refractivity contribution in [1.82, 2.24) is 4.90 Å². The highest BCUT2D eigenvalue weighted by molar-refractivity contribution is 6.31. The summed E-state index contributed by atoms with van der Waals surface area (Å²) in [6, 6.07) is 19.4. The van der Waals surface area contributed by atoms with Crippen LogP contribution in [0.2, 0.25) is 5.02 Å². The van der Waals surface area contributed by atoms with Crippen LogP contribution >= 0.6 is 11.6 Å². The first-order valence-electron chi connectivity index (χ1n) is 10.0. The molecule has 0 aliphatic carbocycles. The van der Waals surface area contributed by atoms with Gasteiger partial charge in [-0.15, -0.1) is 0 Å². The lowest BCUT2D eigenvalue weighted by Crippen LogP contribution is -2.42. The lowest BCUT2D eigenvalue weighted by Gasteiger charge is -2.21. The summed E-state index contributed by atoms with van der Waals surface area (Å²) in [5.74, 6) is 0.782. The average Bonchev–Trinajstić information content (AvgIpc) is 3.18. The van der Waals surface area contributed by atoms with Crippen molar-refractivity contribution in [2.45, 2.75) is 32.5 Å². The lowest BCUT2D eigenvalue weighted by molar-refractivity contribution is -0.133. The van der Waals surface area contributed by atoms with Gasteiger partial charge in [0.1, 0.15) is 5.75 Å². The number of fused-ring (bicyclic) bond motifs is 1. The Morgan fingerprint density at radius 2 is 1.80 bits per heavy atom. The molecular weight excluding hydrogens is 396 g/mol. The van der Waals surface area contributed by atoms with Gasteiger partial charge in [0.25, 0.3) is 0 Å². The van der Waals surface area contributed by atoms with Crippen molar-refractivity contribution in [3.8, 4) is 16.9 Å². The maximum absolute atomic E-state index is 12.9. The predicted octanol–water partition coefficient (Wildman–Crippen LogP) is 4.74. The molecule has 1 unspecified atom stereocenters.